The zero-order chi connectivity index (χ0) is 15.9. The molecule has 22 heavy (non-hydrogen) atoms. The molecule has 1 aromatic rings. The lowest BCUT2D eigenvalue weighted by molar-refractivity contribution is -0.137. The summed E-state index contributed by atoms with van der Waals surface area (Å²) >= 11 is 0. The molecule has 0 radical (unpaired) electrons. The van der Waals surface area contributed by atoms with Gasteiger partial charge in [-0.3, -0.25) is 4.79 Å². The lowest BCUT2D eigenvalue weighted by Crippen LogP contribution is -2.35. The van der Waals surface area contributed by atoms with Crippen LogP contribution < -0.4 is 0 Å². The fourth-order valence-electron chi connectivity index (χ4n) is 3.04. The van der Waals surface area contributed by atoms with Gasteiger partial charge in [-0.15, -0.1) is 0 Å². The molecular weight excluding hydrogens is 297 g/mol. The van der Waals surface area contributed by atoms with E-state index in [1.54, 1.807) is 0 Å². The number of ether oxygens (including phenoxy) is 1. The molecule has 3 rings (SSSR count). The van der Waals surface area contributed by atoms with E-state index in [4.69, 9.17) is 4.74 Å². The number of nitrogens with zero attached hydrogens (tertiary/aromatic N) is 2. The van der Waals surface area contributed by atoms with Gasteiger partial charge in [0, 0.05) is 18.7 Å². The second kappa shape index (κ2) is 5.29. The van der Waals surface area contributed by atoms with Crippen molar-refractivity contribution in [3.63, 3.8) is 0 Å². The molecule has 1 saturated heterocycles. The summed E-state index contributed by atoms with van der Waals surface area (Å²) in [6.07, 6.45) is -3.25. The van der Waals surface area contributed by atoms with Crippen molar-refractivity contribution in [2.75, 3.05) is 13.2 Å². The molecule has 0 N–H and O–H groups in total. The van der Waals surface area contributed by atoms with Crippen LogP contribution >= 0.6 is 0 Å². The van der Waals surface area contributed by atoms with Gasteiger partial charge in [-0.1, -0.05) is 12.1 Å². The third kappa shape index (κ3) is 2.33. The molecule has 7 heteroatoms. The highest BCUT2D eigenvalue weighted by Crippen LogP contribution is 2.41. The molecule has 0 aromatic heterocycles. The van der Waals surface area contributed by atoms with Crippen LogP contribution in [0.4, 0.5) is 13.2 Å². The third-order valence-corrected chi connectivity index (χ3v) is 4.03. The number of carbonyl (C=O) groups excluding carboxylic acids is 1. The molecule has 2 aliphatic heterocycles. The number of amides is 1. The first kappa shape index (κ1) is 14.9. The van der Waals surface area contributed by atoms with Crippen molar-refractivity contribution in [2.24, 2.45) is 0 Å². The Morgan fingerprint density at radius 2 is 2.18 bits per heavy atom. The van der Waals surface area contributed by atoms with Crippen molar-refractivity contribution in [1.29, 1.82) is 5.26 Å². The number of benzene rings is 1. The summed E-state index contributed by atoms with van der Waals surface area (Å²) in [5.74, 6) is -0.745. The Morgan fingerprint density at radius 1 is 1.41 bits per heavy atom. The summed E-state index contributed by atoms with van der Waals surface area (Å²) in [6.45, 7) is 0.716. The highest BCUT2D eigenvalue weighted by molar-refractivity contribution is 6.01. The van der Waals surface area contributed by atoms with Crippen LogP contribution in [0.1, 0.15) is 40.4 Å². The number of halogens is 3. The molecule has 2 atom stereocenters. The zero-order valence-electron chi connectivity index (χ0n) is 11.6. The molecule has 0 spiro atoms. The Labute approximate surface area is 125 Å². The average molecular weight is 310 g/mol. The van der Waals surface area contributed by atoms with Gasteiger partial charge in [-0.05, 0) is 18.9 Å². The summed E-state index contributed by atoms with van der Waals surface area (Å²) in [5, 5.41) is 9.30. The Hall–Kier alpha value is -2.07. The highest BCUT2D eigenvalue weighted by Gasteiger charge is 2.45. The number of hydrogen-bond donors (Lipinski definition) is 0. The van der Waals surface area contributed by atoms with Gasteiger partial charge in [0.2, 0.25) is 0 Å². The van der Waals surface area contributed by atoms with Gasteiger partial charge in [0.05, 0.1) is 23.3 Å². The Bertz CT molecular complexity index is 645. The number of nitriles is 1. The summed E-state index contributed by atoms with van der Waals surface area (Å²) in [4.78, 5) is 13.6. The van der Waals surface area contributed by atoms with Gasteiger partial charge >= 0.3 is 6.18 Å². The van der Waals surface area contributed by atoms with Crippen molar-refractivity contribution >= 4 is 5.91 Å². The average Bonchev–Trinajstić information content (AvgIpc) is 3.06. The minimum atomic E-state index is -4.62. The predicted molar refractivity (Wildman–Crippen MR) is 69.8 cm³/mol. The van der Waals surface area contributed by atoms with E-state index < -0.39 is 29.3 Å². The molecule has 1 aromatic carbocycles. The maximum atomic E-state index is 13.1. The van der Waals surface area contributed by atoms with Gasteiger partial charge in [-0.2, -0.15) is 18.4 Å². The molecule has 4 nitrogen and oxygen atoms in total. The van der Waals surface area contributed by atoms with Crippen LogP contribution in [0, 0.1) is 11.3 Å². The van der Waals surface area contributed by atoms with E-state index in [1.165, 1.54) is 17.0 Å². The smallest absolute Gasteiger partial charge is 0.376 e. The Kier molecular flexibility index (Phi) is 3.57. The van der Waals surface area contributed by atoms with E-state index in [0.29, 0.717) is 6.61 Å². The van der Waals surface area contributed by atoms with Crippen molar-refractivity contribution in [3.05, 3.63) is 34.9 Å². The highest BCUT2D eigenvalue weighted by atomic mass is 19.4. The monoisotopic (exact) mass is 310 g/mol. The van der Waals surface area contributed by atoms with Crippen molar-refractivity contribution < 1.29 is 22.7 Å². The van der Waals surface area contributed by atoms with Gasteiger partial charge in [0.25, 0.3) is 5.91 Å². The van der Waals surface area contributed by atoms with Crippen LogP contribution in [0.25, 0.3) is 0 Å². The van der Waals surface area contributed by atoms with E-state index in [0.717, 1.165) is 18.9 Å². The van der Waals surface area contributed by atoms with Crippen molar-refractivity contribution in [1.82, 2.24) is 4.90 Å². The Balaban J connectivity index is 2.00. The molecule has 0 saturated carbocycles. The Morgan fingerprint density at radius 3 is 2.77 bits per heavy atom. The first-order valence-electron chi connectivity index (χ1n) is 6.95. The minimum Gasteiger partial charge on any atom is -0.376 e. The van der Waals surface area contributed by atoms with E-state index in [9.17, 15) is 23.2 Å². The normalized spacial score (nSPS) is 24.5. The van der Waals surface area contributed by atoms with Crippen LogP contribution in [-0.4, -0.2) is 30.1 Å². The van der Waals surface area contributed by atoms with E-state index in [2.05, 4.69) is 0 Å². The van der Waals surface area contributed by atoms with Crippen LogP contribution in [0.5, 0.6) is 0 Å². The van der Waals surface area contributed by atoms with E-state index in [-0.39, 0.29) is 18.2 Å². The fourth-order valence-corrected chi connectivity index (χ4v) is 3.04. The molecule has 1 amide bonds. The molecule has 0 aliphatic carbocycles. The van der Waals surface area contributed by atoms with Crippen LogP contribution in [-0.2, 0) is 10.9 Å². The summed E-state index contributed by atoms with van der Waals surface area (Å²) < 4.78 is 44.7. The van der Waals surface area contributed by atoms with Crippen LogP contribution in [0.2, 0.25) is 0 Å². The summed E-state index contributed by atoms with van der Waals surface area (Å²) in [7, 11) is 0. The number of fused-ring (bicyclic) bond motifs is 1. The SMILES string of the molecule is N#CC1c2cccc(C(F)(F)F)c2C(=O)N1CC1CCCO1. The minimum absolute atomic E-state index is 0.125. The van der Waals surface area contributed by atoms with E-state index >= 15 is 0 Å². The molecule has 1 fully saturated rings. The lowest BCUT2D eigenvalue weighted by atomic mass is 10.00. The fraction of sp³-hybridized carbons (Fsp3) is 0.467. The summed E-state index contributed by atoms with van der Waals surface area (Å²) in [6, 6.07) is 4.46. The molecule has 0 bridgehead atoms. The quantitative estimate of drug-likeness (QED) is 0.844. The second-order valence-electron chi connectivity index (χ2n) is 5.39. The van der Waals surface area contributed by atoms with Crippen LogP contribution in [0.15, 0.2) is 18.2 Å². The molecule has 2 aliphatic rings. The van der Waals surface area contributed by atoms with Crippen molar-refractivity contribution in [2.45, 2.75) is 31.2 Å². The maximum absolute atomic E-state index is 13.1. The molecular formula is C15H13F3N2O2. The molecule has 2 heterocycles. The predicted octanol–water partition coefficient (Wildman–Crippen LogP) is 2.90. The number of hydrogen-bond acceptors (Lipinski definition) is 3. The topological polar surface area (TPSA) is 53.3 Å². The standard InChI is InChI=1S/C15H13F3N2O2/c16-15(17,18)11-5-1-4-10-12(7-19)20(14(21)13(10)11)8-9-3-2-6-22-9/h1,4-5,9,12H,2-3,6,8H2. The largest absolute Gasteiger partial charge is 0.417 e. The first-order chi connectivity index (χ1) is 10.4. The third-order valence-electron chi connectivity index (χ3n) is 4.03. The lowest BCUT2D eigenvalue weighted by Gasteiger charge is -2.23. The zero-order valence-corrected chi connectivity index (χ0v) is 11.6. The van der Waals surface area contributed by atoms with Crippen molar-refractivity contribution in [3.8, 4) is 6.07 Å². The van der Waals surface area contributed by atoms with Crippen LogP contribution in [0.3, 0.4) is 0 Å². The van der Waals surface area contributed by atoms with Gasteiger partial charge < -0.3 is 9.64 Å². The first-order valence-corrected chi connectivity index (χ1v) is 6.95. The van der Waals surface area contributed by atoms with E-state index in [1.807, 2.05) is 6.07 Å². The summed E-state index contributed by atoms with van der Waals surface area (Å²) in [5.41, 5.74) is -1.26. The maximum Gasteiger partial charge on any atom is 0.417 e. The molecule has 2 unspecified atom stereocenters. The number of alkyl halides is 3. The van der Waals surface area contributed by atoms with Gasteiger partial charge in [0.15, 0.2) is 0 Å². The number of rotatable bonds is 2. The van der Waals surface area contributed by atoms with Gasteiger partial charge in [-0.25, -0.2) is 0 Å². The number of carbonyl (C=O) groups is 1. The second-order valence-corrected chi connectivity index (χ2v) is 5.39. The van der Waals surface area contributed by atoms with Gasteiger partial charge in [0.1, 0.15) is 6.04 Å². The molecule has 116 valence electrons.